The number of dihydropyridines is 1. The number of aromatic carboxylic acids is 1. The highest BCUT2D eigenvalue weighted by Gasteiger charge is 2.31. The largest absolute Gasteiger partial charge is 0.506 e. The number of benzene rings is 2. The van der Waals surface area contributed by atoms with Crippen molar-refractivity contribution in [2.45, 2.75) is 12.8 Å². The lowest BCUT2D eigenvalue weighted by Gasteiger charge is -2.28. The summed E-state index contributed by atoms with van der Waals surface area (Å²) in [6, 6.07) is 15.0. The van der Waals surface area contributed by atoms with E-state index in [4.69, 9.17) is 16.7 Å². The summed E-state index contributed by atoms with van der Waals surface area (Å²) in [5.41, 5.74) is 3.07. The Morgan fingerprint density at radius 2 is 1.75 bits per heavy atom. The lowest BCUT2D eigenvalue weighted by molar-refractivity contribution is 0.0697. The molecule has 7 heteroatoms. The first-order valence-electron chi connectivity index (χ1n) is 8.21. The number of carboxylic acid groups (broad SMARTS) is 1. The van der Waals surface area contributed by atoms with E-state index in [1.807, 2.05) is 0 Å². The van der Waals surface area contributed by atoms with Gasteiger partial charge < -0.3 is 15.5 Å². The first-order chi connectivity index (χ1) is 13.4. The molecule has 0 bridgehead atoms. The van der Waals surface area contributed by atoms with E-state index in [0.29, 0.717) is 33.7 Å². The van der Waals surface area contributed by atoms with Crippen molar-refractivity contribution in [1.82, 2.24) is 5.32 Å². The quantitative estimate of drug-likeness (QED) is 0.723. The Hall–Kier alpha value is -3.74. The Morgan fingerprint density at radius 3 is 2.29 bits per heavy atom. The first-order valence-corrected chi connectivity index (χ1v) is 8.59. The molecule has 0 aromatic heterocycles. The molecule has 3 N–H and O–H groups in total. The third kappa shape index (κ3) is 3.29. The van der Waals surface area contributed by atoms with Crippen LogP contribution in [-0.2, 0) is 0 Å². The Kier molecular flexibility index (Phi) is 5.08. The number of phenolic OH excluding ortho intramolecular Hbond substituents is 1. The van der Waals surface area contributed by atoms with Crippen molar-refractivity contribution in [3.8, 4) is 17.9 Å². The summed E-state index contributed by atoms with van der Waals surface area (Å²) >= 11 is 6.03. The number of hydrogen-bond donors (Lipinski definition) is 3. The molecule has 1 aliphatic heterocycles. The van der Waals surface area contributed by atoms with Gasteiger partial charge in [0.15, 0.2) is 0 Å². The van der Waals surface area contributed by atoms with E-state index in [2.05, 4.69) is 17.5 Å². The number of nitriles is 2. The summed E-state index contributed by atoms with van der Waals surface area (Å²) in [7, 11) is 0. The number of nitrogens with zero attached hydrogens (tertiary/aromatic N) is 2. The third-order valence-corrected chi connectivity index (χ3v) is 4.83. The van der Waals surface area contributed by atoms with Crippen molar-refractivity contribution in [2.24, 2.45) is 0 Å². The van der Waals surface area contributed by atoms with Crippen LogP contribution >= 0.6 is 11.6 Å². The van der Waals surface area contributed by atoms with Crippen LogP contribution in [0, 0.1) is 22.7 Å². The smallest absolute Gasteiger partial charge is 0.335 e. The van der Waals surface area contributed by atoms with Crippen molar-refractivity contribution in [3.05, 3.63) is 81.0 Å². The molecule has 1 heterocycles. The van der Waals surface area contributed by atoms with Gasteiger partial charge in [0.2, 0.25) is 0 Å². The maximum absolute atomic E-state index is 11.1. The lowest BCUT2D eigenvalue weighted by Crippen LogP contribution is -2.24. The van der Waals surface area contributed by atoms with Gasteiger partial charge >= 0.3 is 5.97 Å². The van der Waals surface area contributed by atoms with Crippen LogP contribution < -0.4 is 5.32 Å². The van der Waals surface area contributed by atoms with E-state index < -0.39 is 11.9 Å². The molecule has 3 rings (SSSR count). The first kappa shape index (κ1) is 19.0. The van der Waals surface area contributed by atoms with Crippen LogP contribution in [-0.4, -0.2) is 16.2 Å². The Labute approximate surface area is 166 Å². The minimum absolute atomic E-state index is 0.0921. The van der Waals surface area contributed by atoms with Crippen molar-refractivity contribution < 1.29 is 15.0 Å². The van der Waals surface area contributed by atoms with Crippen LogP contribution in [0.4, 0.5) is 0 Å². The summed E-state index contributed by atoms with van der Waals surface area (Å²) in [4.78, 5) is 11.1. The summed E-state index contributed by atoms with van der Waals surface area (Å²) in [5, 5.41) is 41.5. The number of rotatable bonds is 3. The van der Waals surface area contributed by atoms with Crippen LogP contribution in [0.3, 0.4) is 0 Å². The van der Waals surface area contributed by atoms with Crippen molar-refractivity contribution in [1.29, 1.82) is 10.5 Å². The molecule has 138 valence electrons. The third-order valence-electron chi connectivity index (χ3n) is 4.53. The van der Waals surface area contributed by atoms with Crippen molar-refractivity contribution in [2.75, 3.05) is 0 Å². The van der Waals surface area contributed by atoms with Gasteiger partial charge in [-0.15, -0.1) is 0 Å². The van der Waals surface area contributed by atoms with E-state index in [0.717, 1.165) is 0 Å². The summed E-state index contributed by atoms with van der Waals surface area (Å²) in [5.74, 6) is -1.80. The van der Waals surface area contributed by atoms with E-state index in [1.165, 1.54) is 24.3 Å². The van der Waals surface area contributed by atoms with Gasteiger partial charge in [-0.25, -0.2) is 4.79 Å². The fraction of sp³-hybridized carbons (Fsp3) is 0.0952. The molecular formula is C21H14ClN3O3. The molecule has 2 aromatic carbocycles. The zero-order valence-corrected chi connectivity index (χ0v) is 15.4. The zero-order valence-electron chi connectivity index (χ0n) is 14.7. The topological polar surface area (TPSA) is 117 Å². The van der Waals surface area contributed by atoms with Gasteiger partial charge in [0, 0.05) is 5.70 Å². The molecule has 0 amide bonds. The van der Waals surface area contributed by atoms with Gasteiger partial charge in [-0.05, 0) is 42.3 Å². The maximum Gasteiger partial charge on any atom is 0.335 e. The molecule has 1 aliphatic rings. The number of allylic oxidation sites excluding steroid dienone is 3. The summed E-state index contributed by atoms with van der Waals surface area (Å²) in [6.45, 7) is 1.73. The SMILES string of the molecule is CC1=C(C#N)C(c2ccc(O)c(Cl)c2)C(C#N)=C(c2ccc(C(=O)O)cc2)N1. The highest BCUT2D eigenvalue weighted by Crippen LogP contribution is 2.41. The van der Waals surface area contributed by atoms with E-state index >= 15 is 0 Å². The Balaban J connectivity index is 2.20. The van der Waals surface area contributed by atoms with Gasteiger partial charge in [0.05, 0.1) is 45.5 Å². The highest BCUT2D eigenvalue weighted by atomic mass is 35.5. The molecule has 0 fully saturated rings. The Morgan fingerprint density at radius 1 is 1.11 bits per heavy atom. The number of nitrogens with one attached hydrogen (secondary N) is 1. The van der Waals surface area contributed by atoms with Crippen LogP contribution in [0.15, 0.2) is 59.3 Å². The number of carboxylic acids is 1. The molecule has 1 atom stereocenters. The molecule has 0 radical (unpaired) electrons. The fourth-order valence-electron chi connectivity index (χ4n) is 3.14. The fourth-order valence-corrected chi connectivity index (χ4v) is 3.33. The standard InChI is InChI=1S/C21H14ClN3O3/c1-11-15(9-23)19(14-6-7-18(26)17(22)8-14)16(10-24)20(25-11)12-2-4-13(5-3-12)21(27)28/h2-8,19,25-26H,1H3,(H,27,28). The molecule has 2 aromatic rings. The molecule has 0 saturated heterocycles. The number of hydrogen-bond acceptors (Lipinski definition) is 5. The summed E-state index contributed by atoms with van der Waals surface area (Å²) < 4.78 is 0. The van der Waals surface area contributed by atoms with E-state index in [-0.39, 0.29) is 16.3 Å². The molecule has 0 saturated carbocycles. The molecular weight excluding hydrogens is 378 g/mol. The zero-order chi connectivity index (χ0) is 20.4. The second-order valence-corrected chi connectivity index (χ2v) is 6.61. The number of halogens is 1. The molecule has 0 spiro atoms. The van der Waals surface area contributed by atoms with Crippen LogP contribution in [0.1, 0.15) is 34.3 Å². The van der Waals surface area contributed by atoms with Crippen LogP contribution in [0.2, 0.25) is 5.02 Å². The molecule has 6 nitrogen and oxygen atoms in total. The Bertz CT molecular complexity index is 1120. The van der Waals surface area contributed by atoms with Gasteiger partial charge in [-0.1, -0.05) is 29.8 Å². The average molecular weight is 392 g/mol. The average Bonchev–Trinajstić information content (AvgIpc) is 2.69. The predicted octanol–water partition coefficient (Wildman–Crippen LogP) is 4.16. The number of aromatic hydroxyl groups is 1. The van der Waals surface area contributed by atoms with Crippen molar-refractivity contribution in [3.63, 3.8) is 0 Å². The lowest BCUT2D eigenvalue weighted by atomic mass is 9.80. The molecule has 0 aliphatic carbocycles. The van der Waals surface area contributed by atoms with Gasteiger partial charge in [0.25, 0.3) is 0 Å². The monoisotopic (exact) mass is 391 g/mol. The van der Waals surface area contributed by atoms with Crippen LogP contribution in [0.5, 0.6) is 5.75 Å². The minimum Gasteiger partial charge on any atom is -0.506 e. The molecule has 1 unspecified atom stereocenters. The van der Waals surface area contributed by atoms with Crippen molar-refractivity contribution >= 4 is 23.3 Å². The minimum atomic E-state index is -1.04. The number of phenols is 1. The van der Waals surface area contributed by atoms with Crippen LogP contribution in [0.25, 0.3) is 5.70 Å². The number of carbonyl (C=O) groups is 1. The van der Waals surface area contributed by atoms with E-state index in [1.54, 1.807) is 25.1 Å². The second-order valence-electron chi connectivity index (χ2n) is 6.20. The van der Waals surface area contributed by atoms with E-state index in [9.17, 15) is 20.4 Å². The summed E-state index contributed by atoms with van der Waals surface area (Å²) in [6.07, 6.45) is 0. The normalized spacial score (nSPS) is 16.2. The van der Waals surface area contributed by atoms with Gasteiger partial charge in [-0.3, -0.25) is 0 Å². The van der Waals surface area contributed by atoms with Gasteiger partial charge in [0.1, 0.15) is 5.75 Å². The maximum atomic E-state index is 11.1. The predicted molar refractivity (Wildman–Crippen MR) is 103 cm³/mol. The van der Waals surface area contributed by atoms with Gasteiger partial charge in [-0.2, -0.15) is 10.5 Å². The highest BCUT2D eigenvalue weighted by molar-refractivity contribution is 6.32. The second kappa shape index (κ2) is 7.48. The molecule has 28 heavy (non-hydrogen) atoms.